The van der Waals surface area contributed by atoms with Gasteiger partial charge >= 0.3 is 0 Å². The predicted octanol–water partition coefficient (Wildman–Crippen LogP) is 3.17. The lowest BCUT2D eigenvalue weighted by molar-refractivity contribution is -0.123. The van der Waals surface area contributed by atoms with E-state index in [-0.39, 0.29) is 17.7 Å². The molecule has 0 aliphatic heterocycles. The van der Waals surface area contributed by atoms with E-state index >= 15 is 0 Å². The van der Waals surface area contributed by atoms with Crippen molar-refractivity contribution in [1.29, 1.82) is 0 Å². The molecule has 1 aromatic heterocycles. The van der Waals surface area contributed by atoms with Crippen molar-refractivity contribution in [2.24, 2.45) is 5.92 Å². The second kappa shape index (κ2) is 8.64. The van der Waals surface area contributed by atoms with Crippen molar-refractivity contribution in [3.8, 4) is 0 Å². The van der Waals surface area contributed by atoms with Gasteiger partial charge in [-0.1, -0.05) is 37.6 Å². The fraction of sp³-hybridized carbons (Fsp3) is 0.368. The molecule has 2 rings (SSSR count). The van der Waals surface area contributed by atoms with E-state index in [1.807, 2.05) is 44.4 Å². The highest BCUT2D eigenvalue weighted by molar-refractivity contribution is 7.09. The number of rotatable bonds is 7. The number of hydrogen-bond acceptors (Lipinski definition) is 3. The first-order chi connectivity index (χ1) is 11.5. The number of carbonyl (C=O) groups excluding carboxylic acids is 2. The van der Waals surface area contributed by atoms with Crippen LogP contribution in [0.4, 0.5) is 0 Å². The molecule has 1 unspecified atom stereocenters. The zero-order chi connectivity index (χ0) is 17.5. The largest absolute Gasteiger partial charge is 0.354 e. The number of thiophene rings is 1. The summed E-state index contributed by atoms with van der Waals surface area (Å²) in [4.78, 5) is 26.0. The van der Waals surface area contributed by atoms with E-state index < -0.39 is 6.04 Å². The van der Waals surface area contributed by atoms with Gasteiger partial charge in [-0.3, -0.25) is 9.59 Å². The summed E-state index contributed by atoms with van der Waals surface area (Å²) in [6.45, 7) is 6.40. The van der Waals surface area contributed by atoms with Crippen LogP contribution in [0.3, 0.4) is 0 Å². The molecular weight excluding hydrogens is 320 g/mol. The number of benzene rings is 1. The summed E-state index contributed by atoms with van der Waals surface area (Å²) < 4.78 is 0. The van der Waals surface area contributed by atoms with Gasteiger partial charge in [-0.2, -0.15) is 0 Å². The maximum Gasteiger partial charge on any atom is 0.251 e. The zero-order valence-electron chi connectivity index (χ0n) is 14.3. The van der Waals surface area contributed by atoms with Crippen molar-refractivity contribution >= 4 is 23.2 Å². The molecule has 2 amide bonds. The minimum Gasteiger partial charge on any atom is -0.354 e. The first-order valence-electron chi connectivity index (χ1n) is 8.15. The van der Waals surface area contributed by atoms with Crippen molar-refractivity contribution in [2.75, 3.05) is 6.54 Å². The van der Waals surface area contributed by atoms with E-state index in [1.165, 1.54) is 4.88 Å². The monoisotopic (exact) mass is 344 g/mol. The average molecular weight is 344 g/mol. The van der Waals surface area contributed by atoms with Gasteiger partial charge < -0.3 is 10.6 Å². The van der Waals surface area contributed by atoms with Crippen molar-refractivity contribution < 1.29 is 9.59 Å². The summed E-state index contributed by atoms with van der Waals surface area (Å²) in [5.74, 6) is -0.342. The lowest BCUT2D eigenvalue weighted by atomic mass is 10.0. The van der Waals surface area contributed by atoms with Gasteiger partial charge in [0.05, 0.1) is 0 Å². The molecule has 128 valence electrons. The first kappa shape index (κ1) is 18.2. The van der Waals surface area contributed by atoms with E-state index in [0.717, 1.165) is 12.0 Å². The third kappa shape index (κ3) is 5.20. The summed E-state index contributed by atoms with van der Waals surface area (Å²) in [7, 11) is 0. The van der Waals surface area contributed by atoms with Gasteiger partial charge in [0.15, 0.2) is 0 Å². The van der Waals surface area contributed by atoms with Crippen molar-refractivity contribution in [1.82, 2.24) is 10.6 Å². The topological polar surface area (TPSA) is 58.2 Å². The Morgan fingerprint density at radius 3 is 2.42 bits per heavy atom. The third-order valence-corrected chi connectivity index (χ3v) is 4.74. The molecule has 0 fully saturated rings. The van der Waals surface area contributed by atoms with Crippen LogP contribution >= 0.6 is 11.3 Å². The van der Waals surface area contributed by atoms with Crippen LogP contribution < -0.4 is 10.6 Å². The van der Waals surface area contributed by atoms with Crippen LogP contribution in [-0.2, 0) is 11.2 Å². The van der Waals surface area contributed by atoms with Crippen LogP contribution in [-0.4, -0.2) is 24.4 Å². The van der Waals surface area contributed by atoms with E-state index in [1.54, 1.807) is 23.5 Å². The Hall–Kier alpha value is -2.14. The second-order valence-electron chi connectivity index (χ2n) is 6.18. The molecule has 24 heavy (non-hydrogen) atoms. The first-order valence-corrected chi connectivity index (χ1v) is 9.03. The minimum atomic E-state index is -0.540. The second-order valence-corrected chi connectivity index (χ2v) is 7.21. The normalized spacial score (nSPS) is 12.0. The molecule has 2 N–H and O–H groups in total. The van der Waals surface area contributed by atoms with Crippen LogP contribution in [0.15, 0.2) is 41.8 Å². The Balaban J connectivity index is 1.91. The number of hydrogen-bond donors (Lipinski definition) is 2. The van der Waals surface area contributed by atoms with Gasteiger partial charge in [-0.15, -0.1) is 11.3 Å². The van der Waals surface area contributed by atoms with Crippen LogP contribution in [0.25, 0.3) is 0 Å². The van der Waals surface area contributed by atoms with Crippen LogP contribution in [0.2, 0.25) is 0 Å². The lowest BCUT2D eigenvalue weighted by Crippen LogP contribution is -2.50. The lowest BCUT2D eigenvalue weighted by Gasteiger charge is -2.21. The van der Waals surface area contributed by atoms with Gasteiger partial charge in [0.25, 0.3) is 5.91 Å². The molecule has 1 aromatic carbocycles. The molecule has 0 bridgehead atoms. The quantitative estimate of drug-likeness (QED) is 0.810. The van der Waals surface area contributed by atoms with Crippen LogP contribution in [0, 0.1) is 12.8 Å². The summed E-state index contributed by atoms with van der Waals surface area (Å²) in [6.07, 6.45) is 0.806. The SMILES string of the molecule is Cc1ccc(C(=O)NC(C(=O)NCCc2cccs2)C(C)C)cc1. The molecule has 0 aliphatic carbocycles. The molecule has 0 radical (unpaired) electrons. The summed E-state index contributed by atoms with van der Waals surface area (Å²) in [6, 6.07) is 10.8. The molecule has 2 aromatic rings. The average Bonchev–Trinajstić information content (AvgIpc) is 3.06. The minimum absolute atomic E-state index is 0.0149. The van der Waals surface area contributed by atoms with Gasteiger partial charge in [0.1, 0.15) is 6.04 Å². The van der Waals surface area contributed by atoms with Crippen molar-refractivity contribution in [3.05, 3.63) is 57.8 Å². The standard InChI is InChI=1S/C19H24N2O2S/c1-13(2)17(19(23)20-11-10-16-5-4-12-24-16)21-18(22)15-8-6-14(3)7-9-15/h4-9,12-13,17H,10-11H2,1-3H3,(H,20,23)(H,21,22). The highest BCUT2D eigenvalue weighted by Gasteiger charge is 2.24. The highest BCUT2D eigenvalue weighted by atomic mass is 32.1. The summed E-state index contributed by atoms with van der Waals surface area (Å²) >= 11 is 1.68. The Bertz CT molecular complexity index is 663. The molecule has 4 nitrogen and oxygen atoms in total. The number of carbonyl (C=O) groups is 2. The Morgan fingerprint density at radius 1 is 1.12 bits per heavy atom. The zero-order valence-corrected chi connectivity index (χ0v) is 15.2. The van der Waals surface area contributed by atoms with Crippen LogP contribution in [0.5, 0.6) is 0 Å². The van der Waals surface area contributed by atoms with E-state index in [2.05, 4.69) is 16.7 Å². The molecule has 0 saturated heterocycles. The molecule has 1 atom stereocenters. The number of amides is 2. The fourth-order valence-electron chi connectivity index (χ4n) is 2.34. The molecule has 0 spiro atoms. The molecule has 5 heteroatoms. The Labute approximate surface area is 147 Å². The maximum absolute atomic E-state index is 12.4. The highest BCUT2D eigenvalue weighted by Crippen LogP contribution is 2.09. The van der Waals surface area contributed by atoms with E-state index in [0.29, 0.717) is 12.1 Å². The summed E-state index contributed by atoms with van der Waals surface area (Å²) in [5.41, 5.74) is 1.66. The van der Waals surface area contributed by atoms with E-state index in [4.69, 9.17) is 0 Å². The van der Waals surface area contributed by atoms with Gasteiger partial charge in [0, 0.05) is 17.0 Å². The third-order valence-electron chi connectivity index (χ3n) is 3.80. The maximum atomic E-state index is 12.4. The number of nitrogens with one attached hydrogen (secondary N) is 2. The molecule has 0 saturated carbocycles. The fourth-order valence-corrected chi connectivity index (χ4v) is 3.05. The van der Waals surface area contributed by atoms with E-state index in [9.17, 15) is 9.59 Å². The molecular formula is C19H24N2O2S. The predicted molar refractivity (Wildman–Crippen MR) is 98.3 cm³/mol. The van der Waals surface area contributed by atoms with Gasteiger partial charge in [-0.05, 0) is 42.8 Å². The molecule has 1 heterocycles. The number of aryl methyl sites for hydroxylation is 1. The Morgan fingerprint density at radius 2 is 1.83 bits per heavy atom. The van der Waals surface area contributed by atoms with Crippen molar-refractivity contribution in [2.45, 2.75) is 33.2 Å². The van der Waals surface area contributed by atoms with Crippen LogP contribution in [0.1, 0.15) is 34.6 Å². The van der Waals surface area contributed by atoms with Gasteiger partial charge in [-0.25, -0.2) is 0 Å². The smallest absolute Gasteiger partial charge is 0.251 e. The Kier molecular flexibility index (Phi) is 6.55. The summed E-state index contributed by atoms with van der Waals surface area (Å²) in [5, 5.41) is 7.79. The molecule has 0 aliphatic rings. The van der Waals surface area contributed by atoms with Crippen molar-refractivity contribution in [3.63, 3.8) is 0 Å². The van der Waals surface area contributed by atoms with Gasteiger partial charge in [0.2, 0.25) is 5.91 Å².